The van der Waals surface area contributed by atoms with E-state index in [0.717, 1.165) is 39.0 Å². The van der Waals surface area contributed by atoms with E-state index in [0.29, 0.717) is 18.0 Å². The minimum absolute atomic E-state index is 0.00865. The highest BCUT2D eigenvalue weighted by Crippen LogP contribution is 2.28. The topological polar surface area (TPSA) is 120 Å². The van der Waals surface area contributed by atoms with Crippen LogP contribution in [0, 0.1) is 0 Å². The van der Waals surface area contributed by atoms with Crippen LogP contribution >= 0.6 is 7.82 Å². The van der Waals surface area contributed by atoms with E-state index in [1.54, 1.807) is 7.11 Å². The lowest BCUT2D eigenvalue weighted by Crippen LogP contribution is -2.40. The van der Waals surface area contributed by atoms with Gasteiger partial charge in [-0.2, -0.15) is 0 Å². The summed E-state index contributed by atoms with van der Waals surface area (Å²) in [5.41, 5.74) is 1.22. The first-order chi connectivity index (χ1) is 14.1. The molecule has 0 aromatic heterocycles. The lowest BCUT2D eigenvalue weighted by Gasteiger charge is -2.25. The van der Waals surface area contributed by atoms with Crippen LogP contribution in [0.15, 0.2) is 18.2 Å². The SMILES string of the molecule is CCCc1ccc(OCC(=O)N(CC)CCN(CC)CC)c(OC)c1.O=P(O)(O)O. The Morgan fingerprint density at radius 3 is 2.07 bits per heavy atom. The molecule has 0 bridgehead atoms. The summed E-state index contributed by atoms with van der Waals surface area (Å²) in [4.78, 5) is 38.2. The third-order valence-corrected chi connectivity index (χ3v) is 4.43. The van der Waals surface area contributed by atoms with Crippen LogP contribution in [-0.4, -0.2) is 76.8 Å². The van der Waals surface area contributed by atoms with E-state index in [1.165, 1.54) is 5.56 Å². The minimum atomic E-state index is -4.64. The molecule has 174 valence electrons. The molecule has 1 rings (SSSR count). The van der Waals surface area contributed by atoms with Crippen molar-refractivity contribution in [3.8, 4) is 11.5 Å². The van der Waals surface area contributed by atoms with Crippen LogP contribution in [0.2, 0.25) is 0 Å². The summed E-state index contributed by atoms with van der Waals surface area (Å²) in [5.74, 6) is 1.31. The Morgan fingerprint density at radius 1 is 1.00 bits per heavy atom. The molecular formula is C20H37N2O7P. The van der Waals surface area contributed by atoms with E-state index in [9.17, 15) is 4.79 Å². The van der Waals surface area contributed by atoms with E-state index in [4.69, 9.17) is 28.7 Å². The molecule has 0 spiro atoms. The van der Waals surface area contributed by atoms with Crippen molar-refractivity contribution in [3.05, 3.63) is 23.8 Å². The number of ether oxygens (including phenoxy) is 2. The number of carbonyl (C=O) groups is 1. The molecule has 30 heavy (non-hydrogen) atoms. The lowest BCUT2D eigenvalue weighted by atomic mass is 10.1. The van der Waals surface area contributed by atoms with Gasteiger partial charge in [-0.05, 0) is 44.1 Å². The van der Waals surface area contributed by atoms with Crippen molar-refractivity contribution in [2.45, 2.75) is 40.5 Å². The molecule has 0 unspecified atom stereocenters. The maximum atomic E-state index is 12.4. The number of carbonyl (C=O) groups excluding carboxylic acids is 1. The summed E-state index contributed by atoms with van der Waals surface area (Å²) in [7, 11) is -3.01. The number of hydrogen-bond acceptors (Lipinski definition) is 5. The Morgan fingerprint density at radius 2 is 1.60 bits per heavy atom. The second-order valence-electron chi connectivity index (χ2n) is 6.54. The normalized spacial score (nSPS) is 11.0. The molecule has 1 amide bonds. The van der Waals surface area contributed by atoms with Crippen LogP contribution in [0.4, 0.5) is 0 Å². The van der Waals surface area contributed by atoms with Crippen LogP contribution in [0.25, 0.3) is 0 Å². The van der Waals surface area contributed by atoms with Gasteiger partial charge >= 0.3 is 7.82 Å². The molecule has 10 heteroatoms. The third-order valence-electron chi connectivity index (χ3n) is 4.43. The molecular weight excluding hydrogens is 411 g/mol. The second-order valence-corrected chi connectivity index (χ2v) is 7.56. The van der Waals surface area contributed by atoms with Crippen molar-refractivity contribution >= 4 is 13.7 Å². The van der Waals surface area contributed by atoms with Gasteiger partial charge in [0.05, 0.1) is 7.11 Å². The van der Waals surface area contributed by atoms with Crippen LogP contribution in [0.5, 0.6) is 11.5 Å². The highest BCUT2D eigenvalue weighted by atomic mass is 31.2. The zero-order chi connectivity index (χ0) is 23.2. The van der Waals surface area contributed by atoms with Crippen molar-refractivity contribution in [2.24, 2.45) is 0 Å². The van der Waals surface area contributed by atoms with Crippen molar-refractivity contribution in [2.75, 3.05) is 46.4 Å². The van der Waals surface area contributed by atoms with Crippen molar-refractivity contribution < 1.29 is 33.5 Å². The number of hydrogen-bond donors (Lipinski definition) is 3. The van der Waals surface area contributed by atoms with Crippen LogP contribution in [0.1, 0.15) is 39.7 Å². The number of likely N-dealkylation sites (N-methyl/N-ethyl adjacent to an activating group) is 2. The molecule has 1 aromatic rings. The van der Waals surface area contributed by atoms with Gasteiger partial charge in [0, 0.05) is 19.6 Å². The molecule has 9 nitrogen and oxygen atoms in total. The highest BCUT2D eigenvalue weighted by molar-refractivity contribution is 7.45. The van der Waals surface area contributed by atoms with Crippen LogP contribution in [0.3, 0.4) is 0 Å². The van der Waals surface area contributed by atoms with Crippen molar-refractivity contribution in [3.63, 3.8) is 0 Å². The number of amides is 1. The van der Waals surface area contributed by atoms with Gasteiger partial charge in [0.2, 0.25) is 0 Å². The van der Waals surface area contributed by atoms with Crippen molar-refractivity contribution in [1.82, 2.24) is 9.80 Å². The lowest BCUT2D eigenvalue weighted by molar-refractivity contribution is -0.133. The quantitative estimate of drug-likeness (QED) is 0.417. The summed E-state index contributed by atoms with van der Waals surface area (Å²) >= 11 is 0. The van der Waals surface area contributed by atoms with Crippen LogP contribution < -0.4 is 9.47 Å². The van der Waals surface area contributed by atoms with Gasteiger partial charge in [-0.3, -0.25) is 4.79 Å². The molecule has 0 aliphatic rings. The summed E-state index contributed by atoms with van der Waals surface area (Å²) in [6.45, 7) is 12.8. The molecule has 0 atom stereocenters. The van der Waals surface area contributed by atoms with E-state index >= 15 is 0 Å². The Labute approximate surface area is 179 Å². The molecule has 0 fully saturated rings. The second kappa shape index (κ2) is 15.2. The van der Waals surface area contributed by atoms with E-state index < -0.39 is 7.82 Å². The van der Waals surface area contributed by atoms with Gasteiger partial charge in [-0.1, -0.05) is 33.3 Å². The zero-order valence-electron chi connectivity index (χ0n) is 18.7. The Balaban J connectivity index is 0.00000150. The fourth-order valence-electron chi connectivity index (χ4n) is 2.77. The predicted molar refractivity (Wildman–Crippen MR) is 117 cm³/mol. The molecule has 3 N–H and O–H groups in total. The van der Waals surface area contributed by atoms with Gasteiger partial charge in [-0.25, -0.2) is 4.57 Å². The van der Waals surface area contributed by atoms with E-state index in [-0.39, 0.29) is 12.5 Å². The number of rotatable bonds is 12. The first-order valence-electron chi connectivity index (χ1n) is 10.2. The third kappa shape index (κ3) is 12.8. The number of benzene rings is 1. The number of phosphoric acid groups is 1. The summed E-state index contributed by atoms with van der Waals surface area (Å²) in [6.07, 6.45) is 2.09. The van der Waals surface area contributed by atoms with Crippen LogP contribution in [-0.2, 0) is 15.8 Å². The number of methoxy groups -OCH3 is 1. The minimum Gasteiger partial charge on any atom is -0.493 e. The Bertz CT molecular complexity index is 654. The zero-order valence-corrected chi connectivity index (χ0v) is 19.6. The van der Waals surface area contributed by atoms with Gasteiger partial charge in [0.15, 0.2) is 18.1 Å². The molecule has 0 radical (unpaired) electrons. The van der Waals surface area contributed by atoms with Crippen molar-refractivity contribution in [1.29, 1.82) is 0 Å². The molecule has 0 heterocycles. The van der Waals surface area contributed by atoms with Gasteiger partial charge in [-0.15, -0.1) is 0 Å². The van der Waals surface area contributed by atoms with E-state index in [1.807, 2.05) is 30.0 Å². The average molecular weight is 448 g/mol. The number of aryl methyl sites for hydroxylation is 1. The first kappa shape index (κ1) is 28.4. The van der Waals surface area contributed by atoms with Gasteiger partial charge in [0.1, 0.15) is 0 Å². The highest BCUT2D eigenvalue weighted by Gasteiger charge is 2.15. The first-order valence-corrected chi connectivity index (χ1v) is 11.7. The van der Waals surface area contributed by atoms with Gasteiger partial charge < -0.3 is 34.0 Å². The Kier molecular flexibility index (Phi) is 14.4. The molecule has 0 aliphatic carbocycles. The predicted octanol–water partition coefficient (Wildman–Crippen LogP) is 2.29. The standard InChI is InChI=1S/C20H34N2O3.H3O4P/c1-6-10-17-11-12-18(19(15-17)24-5)25-16-20(23)22(9-4)14-13-21(7-2)8-3;1-5(2,3)4/h11-12,15H,6-10,13-14,16H2,1-5H3;(H3,1,2,3,4). The maximum absolute atomic E-state index is 12.4. The summed E-state index contributed by atoms with van der Waals surface area (Å²) in [5, 5.41) is 0. The number of nitrogens with zero attached hydrogens (tertiary/aromatic N) is 2. The van der Waals surface area contributed by atoms with E-state index in [2.05, 4.69) is 25.7 Å². The average Bonchev–Trinajstić information content (AvgIpc) is 2.69. The molecule has 0 saturated carbocycles. The Hall–Kier alpha value is -1.64. The maximum Gasteiger partial charge on any atom is 0.466 e. The fraction of sp³-hybridized carbons (Fsp3) is 0.650. The smallest absolute Gasteiger partial charge is 0.466 e. The summed E-state index contributed by atoms with van der Waals surface area (Å²) in [6, 6.07) is 5.91. The van der Waals surface area contributed by atoms with Gasteiger partial charge in [0.25, 0.3) is 5.91 Å². The molecule has 0 saturated heterocycles. The largest absolute Gasteiger partial charge is 0.493 e. The molecule has 1 aromatic carbocycles. The monoisotopic (exact) mass is 448 g/mol. The summed E-state index contributed by atoms with van der Waals surface area (Å²) < 4.78 is 20.0. The fourth-order valence-corrected chi connectivity index (χ4v) is 2.77. The molecule has 0 aliphatic heterocycles.